The van der Waals surface area contributed by atoms with Crippen LogP contribution in [0.5, 0.6) is 5.75 Å². The molecular formula is C16H20BrNO2S. The minimum Gasteiger partial charge on any atom is -0.492 e. The van der Waals surface area contributed by atoms with Gasteiger partial charge in [0.2, 0.25) is 0 Å². The zero-order valence-electron chi connectivity index (χ0n) is 12.1. The first-order valence-corrected chi connectivity index (χ1v) is 8.60. The lowest BCUT2D eigenvalue weighted by Crippen LogP contribution is -2.19. The number of nitrogens with one attached hydrogen (secondary N) is 1. The van der Waals surface area contributed by atoms with Crippen molar-refractivity contribution in [1.82, 2.24) is 5.32 Å². The molecule has 3 nitrogen and oxygen atoms in total. The van der Waals surface area contributed by atoms with Gasteiger partial charge < -0.3 is 14.8 Å². The Morgan fingerprint density at radius 2 is 2.10 bits per heavy atom. The van der Waals surface area contributed by atoms with Crippen molar-refractivity contribution in [2.45, 2.75) is 13.0 Å². The van der Waals surface area contributed by atoms with Gasteiger partial charge in [0, 0.05) is 37.1 Å². The predicted octanol–water partition coefficient (Wildman–Crippen LogP) is 3.87. The summed E-state index contributed by atoms with van der Waals surface area (Å²) in [6.45, 7) is 3.01. The molecular weight excluding hydrogens is 350 g/mol. The third-order valence-corrected chi connectivity index (χ3v) is 4.58. The van der Waals surface area contributed by atoms with Crippen molar-refractivity contribution in [2.75, 3.05) is 26.9 Å². The van der Waals surface area contributed by atoms with Gasteiger partial charge in [0.15, 0.2) is 0 Å². The fourth-order valence-electron chi connectivity index (χ4n) is 1.96. The maximum absolute atomic E-state index is 5.99. The van der Waals surface area contributed by atoms with Gasteiger partial charge in [-0.25, -0.2) is 0 Å². The number of ether oxygens (including phenoxy) is 2. The SMILES string of the molecule is COCCNCc1cccc(Br)c1OCCc1cccs1. The van der Waals surface area contributed by atoms with E-state index in [1.165, 1.54) is 4.88 Å². The summed E-state index contributed by atoms with van der Waals surface area (Å²) >= 11 is 5.34. The molecule has 5 heteroatoms. The second kappa shape index (κ2) is 9.20. The summed E-state index contributed by atoms with van der Waals surface area (Å²) in [5.74, 6) is 0.930. The van der Waals surface area contributed by atoms with Crippen LogP contribution in [-0.4, -0.2) is 26.9 Å². The number of thiophene rings is 1. The van der Waals surface area contributed by atoms with E-state index in [1.807, 2.05) is 12.1 Å². The number of para-hydroxylation sites is 1. The molecule has 114 valence electrons. The molecule has 0 radical (unpaired) electrons. The van der Waals surface area contributed by atoms with E-state index in [9.17, 15) is 0 Å². The van der Waals surface area contributed by atoms with E-state index < -0.39 is 0 Å². The van der Waals surface area contributed by atoms with Gasteiger partial charge in [0.1, 0.15) is 5.75 Å². The molecule has 0 amide bonds. The van der Waals surface area contributed by atoms with E-state index >= 15 is 0 Å². The maximum Gasteiger partial charge on any atom is 0.137 e. The van der Waals surface area contributed by atoms with Crippen LogP contribution in [0.1, 0.15) is 10.4 Å². The molecule has 1 aromatic carbocycles. The number of halogens is 1. The van der Waals surface area contributed by atoms with Crippen LogP contribution in [0, 0.1) is 0 Å². The molecule has 1 aromatic heterocycles. The maximum atomic E-state index is 5.99. The lowest BCUT2D eigenvalue weighted by atomic mass is 10.2. The third kappa shape index (κ3) is 5.43. The van der Waals surface area contributed by atoms with Crippen molar-refractivity contribution in [1.29, 1.82) is 0 Å². The molecule has 0 unspecified atom stereocenters. The van der Waals surface area contributed by atoms with Gasteiger partial charge in [-0.3, -0.25) is 0 Å². The summed E-state index contributed by atoms with van der Waals surface area (Å²) < 4.78 is 12.0. The van der Waals surface area contributed by atoms with Crippen LogP contribution >= 0.6 is 27.3 Å². The van der Waals surface area contributed by atoms with Crippen molar-refractivity contribution < 1.29 is 9.47 Å². The van der Waals surface area contributed by atoms with Gasteiger partial charge in [0.05, 0.1) is 17.7 Å². The topological polar surface area (TPSA) is 30.5 Å². The number of rotatable bonds is 9. The van der Waals surface area contributed by atoms with E-state index in [-0.39, 0.29) is 0 Å². The fraction of sp³-hybridized carbons (Fsp3) is 0.375. The Kier molecular flexibility index (Phi) is 7.23. The summed E-state index contributed by atoms with van der Waals surface area (Å²) in [5.41, 5.74) is 1.16. The van der Waals surface area contributed by atoms with E-state index in [2.05, 4.69) is 44.8 Å². The molecule has 0 aliphatic rings. The quantitative estimate of drug-likeness (QED) is 0.680. The van der Waals surface area contributed by atoms with Crippen molar-refractivity contribution >= 4 is 27.3 Å². The minimum atomic E-state index is 0.689. The molecule has 1 heterocycles. The number of methoxy groups -OCH3 is 1. The molecule has 1 N–H and O–H groups in total. The summed E-state index contributed by atoms with van der Waals surface area (Å²) in [5, 5.41) is 5.45. The van der Waals surface area contributed by atoms with E-state index in [0.717, 1.165) is 35.3 Å². The lowest BCUT2D eigenvalue weighted by molar-refractivity contribution is 0.199. The molecule has 0 aliphatic heterocycles. The van der Waals surface area contributed by atoms with Gasteiger partial charge in [-0.15, -0.1) is 11.3 Å². The van der Waals surface area contributed by atoms with Crippen LogP contribution < -0.4 is 10.1 Å². The van der Waals surface area contributed by atoms with Gasteiger partial charge in [-0.05, 0) is 33.4 Å². The van der Waals surface area contributed by atoms with Crippen LogP contribution in [0.25, 0.3) is 0 Å². The zero-order chi connectivity index (χ0) is 14.9. The first kappa shape index (κ1) is 16.5. The molecule has 0 aliphatic carbocycles. The monoisotopic (exact) mass is 369 g/mol. The molecule has 21 heavy (non-hydrogen) atoms. The van der Waals surface area contributed by atoms with Crippen molar-refractivity contribution in [3.63, 3.8) is 0 Å². The van der Waals surface area contributed by atoms with Crippen LogP contribution in [0.3, 0.4) is 0 Å². The number of benzene rings is 1. The van der Waals surface area contributed by atoms with Crippen molar-refractivity contribution in [2.24, 2.45) is 0 Å². The Morgan fingerprint density at radius 3 is 2.86 bits per heavy atom. The first-order valence-electron chi connectivity index (χ1n) is 6.93. The van der Waals surface area contributed by atoms with Gasteiger partial charge in [0.25, 0.3) is 0 Å². The Bertz CT molecular complexity index is 531. The van der Waals surface area contributed by atoms with Crippen LogP contribution in [0.4, 0.5) is 0 Å². The van der Waals surface area contributed by atoms with Gasteiger partial charge in [-0.2, -0.15) is 0 Å². The average Bonchev–Trinajstić information content (AvgIpc) is 2.99. The average molecular weight is 370 g/mol. The highest BCUT2D eigenvalue weighted by Gasteiger charge is 2.08. The normalized spacial score (nSPS) is 10.8. The molecule has 0 spiro atoms. The molecule has 0 atom stereocenters. The molecule has 0 saturated heterocycles. The Labute approximate surface area is 138 Å². The van der Waals surface area contributed by atoms with Crippen LogP contribution in [0.15, 0.2) is 40.2 Å². The molecule has 2 rings (SSSR count). The van der Waals surface area contributed by atoms with Crippen molar-refractivity contribution in [3.05, 3.63) is 50.6 Å². The standard InChI is InChI=1S/C16H20BrNO2S/c1-19-10-8-18-12-13-4-2-6-15(17)16(13)20-9-7-14-5-3-11-21-14/h2-6,11,18H,7-10,12H2,1H3. The summed E-state index contributed by atoms with van der Waals surface area (Å²) in [4.78, 5) is 1.35. The third-order valence-electron chi connectivity index (χ3n) is 3.02. The van der Waals surface area contributed by atoms with Gasteiger partial charge >= 0.3 is 0 Å². The first-order chi connectivity index (χ1) is 10.3. The lowest BCUT2D eigenvalue weighted by Gasteiger charge is -2.13. The highest BCUT2D eigenvalue weighted by Crippen LogP contribution is 2.29. The van der Waals surface area contributed by atoms with Crippen LogP contribution in [0.2, 0.25) is 0 Å². The highest BCUT2D eigenvalue weighted by atomic mass is 79.9. The summed E-state index contributed by atoms with van der Waals surface area (Å²) in [6.07, 6.45) is 0.940. The van der Waals surface area contributed by atoms with Crippen LogP contribution in [-0.2, 0) is 17.7 Å². The molecule has 2 aromatic rings. The largest absolute Gasteiger partial charge is 0.492 e. The predicted molar refractivity (Wildman–Crippen MR) is 91.2 cm³/mol. The number of hydrogen-bond acceptors (Lipinski definition) is 4. The molecule has 0 bridgehead atoms. The van der Waals surface area contributed by atoms with Crippen molar-refractivity contribution in [3.8, 4) is 5.75 Å². The van der Waals surface area contributed by atoms with Gasteiger partial charge in [-0.1, -0.05) is 18.2 Å². The second-order valence-electron chi connectivity index (χ2n) is 4.58. The fourth-order valence-corrected chi connectivity index (χ4v) is 3.17. The summed E-state index contributed by atoms with van der Waals surface area (Å²) in [7, 11) is 1.71. The minimum absolute atomic E-state index is 0.689. The van der Waals surface area contributed by atoms with E-state index in [0.29, 0.717) is 13.2 Å². The Morgan fingerprint density at radius 1 is 1.19 bits per heavy atom. The Balaban J connectivity index is 1.90. The van der Waals surface area contributed by atoms with E-state index in [1.54, 1.807) is 18.4 Å². The summed E-state index contributed by atoms with van der Waals surface area (Å²) in [6, 6.07) is 10.3. The molecule has 0 saturated carbocycles. The molecule has 0 fully saturated rings. The number of hydrogen-bond donors (Lipinski definition) is 1. The van der Waals surface area contributed by atoms with E-state index in [4.69, 9.17) is 9.47 Å². The smallest absolute Gasteiger partial charge is 0.137 e. The highest BCUT2D eigenvalue weighted by molar-refractivity contribution is 9.10. The Hall–Kier alpha value is -0.880. The zero-order valence-corrected chi connectivity index (χ0v) is 14.5. The second-order valence-corrected chi connectivity index (χ2v) is 6.46.